The molecule has 1 saturated heterocycles. The highest BCUT2D eigenvalue weighted by Crippen LogP contribution is 2.32. The molecule has 1 amide bonds. The number of benzene rings is 2. The van der Waals surface area contributed by atoms with E-state index in [0.717, 1.165) is 16.8 Å². The van der Waals surface area contributed by atoms with Crippen molar-refractivity contribution in [2.75, 3.05) is 11.4 Å². The van der Waals surface area contributed by atoms with Crippen LogP contribution in [-0.4, -0.2) is 22.6 Å². The maximum Gasteiger partial charge on any atom is 0.232 e. The summed E-state index contributed by atoms with van der Waals surface area (Å²) in [5, 5.41) is 4.68. The van der Waals surface area contributed by atoms with Crippen molar-refractivity contribution < 1.29 is 9.32 Å². The molecule has 6 heteroatoms. The number of halogens is 1. The van der Waals surface area contributed by atoms with Crippen LogP contribution >= 0.6 is 11.6 Å². The minimum absolute atomic E-state index is 0.0302. The van der Waals surface area contributed by atoms with E-state index >= 15 is 0 Å². The summed E-state index contributed by atoms with van der Waals surface area (Å²) in [5.41, 5.74) is 2.83. The van der Waals surface area contributed by atoms with E-state index in [1.807, 2.05) is 43.3 Å². The quantitative estimate of drug-likeness (QED) is 0.707. The molecule has 0 spiro atoms. The Kier molecular flexibility index (Phi) is 4.01. The van der Waals surface area contributed by atoms with Crippen LogP contribution in [0.5, 0.6) is 0 Å². The third-order valence-electron chi connectivity index (χ3n) is 4.31. The molecule has 2 aromatic carbocycles. The van der Waals surface area contributed by atoms with Crippen molar-refractivity contribution in [2.45, 2.75) is 19.3 Å². The Bertz CT molecular complexity index is 938. The van der Waals surface area contributed by atoms with Crippen molar-refractivity contribution >= 4 is 23.2 Å². The van der Waals surface area contributed by atoms with Gasteiger partial charge in [0.15, 0.2) is 0 Å². The summed E-state index contributed by atoms with van der Waals surface area (Å²) in [5.74, 6) is 0.960. The van der Waals surface area contributed by atoms with Crippen LogP contribution < -0.4 is 4.90 Å². The lowest BCUT2D eigenvalue weighted by Gasteiger charge is -2.16. The van der Waals surface area contributed by atoms with Gasteiger partial charge in [-0.1, -0.05) is 46.6 Å². The molecule has 1 aliphatic heterocycles. The van der Waals surface area contributed by atoms with Gasteiger partial charge in [0.2, 0.25) is 17.6 Å². The van der Waals surface area contributed by atoms with Gasteiger partial charge in [0.1, 0.15) is 0 Å². The lowest BCUT2D eigenvalue weighted by Crippen LogP contribution is -2.24. The van der Waals surface area contributed by atoms with Crippen LogP contribution in [0.25, 0.3) is 11.4 Å². The third-order valence-corrected chi connectivity index (χ3v) is 4.55. The zero-order chi connectivity index (χ0) is 17.4. The van der Waals surface area contributed by atoms with E-state index in [9.17, 15) is 4.79 Å². The van der Waals surface area contributed by atoms with E-state index in [1.54, 1.807) is 17.0 Å². The Morgan fingerprint density at radius 3 is 2.84 bits per heavy atom. The Morgan fingerprint density at radius 2 is 2.04 bits per heavy atom. The maximum atomic E-state index is 12.4. The summed E-state index contributed by atoms with van der Waals surface area (Å²) in [6.07, 6.45) is 0.349. The number of amides is 1. The predicted octanol–water partition coefficient (Wildman–Crippen LogP) is 4.22. The van der Waals surface area contributed by atoms with Gasteiger partial charge in [-0.05, 0) is 31.2 Å². The highest BCUT2D eigenvalue weighted by atomic mass is 35.5. The number of aryl methyl sites for hydroxylation is 1. The largest absolute Gasteiger partial charge is 0.339 e. The molecule has 4 rings (SSSR count). The predicted molar refractivity (Wildman–Crippen MR) is 95.6 cm³/mol. The fourth-order valence-electron chi connectivity index (χ4n) is 3.07. The van der Waals surface area contributed by atoms with Gasteiger partial charge in [0, 0.05) is 29.2 Å². The van der Waals surface area contributed by atoms with E-state index < -0.39 is 0 Å². The Morgan fingerprint density at radius 1 is 1.20 bits per heavy atom. The molecular formula is C19H16ClN3O2. The summed E-state index contributed by atoms with van der Waals surface area (Å²) in [7, 11) is 0. The number of rotatable bonds is 3. The number of carbonyl (C=O) groups is 1. The van der Waals surface area contributed by atoms with Crippen molar-refractivity contribution in [2.24, 2.45) is 0 Å². The highest BCUT2D eigenvalue weighted by Gasteiger charge is 2.35. The second-order valence-electron chi connectivity index (χ2n) is 6.21. The number of hydrogen-bond acceptors (Lipinski definition) is 4. The third kappa shape index (κ3) is 3.15. The molecule has 0 N–H and O–H groups in total. The van der Waals surface area contributed by atoms with Gasteiger partial charge in [-0.25, -0.2) is 0 Å². The molecule has 1 aliphatic rings. The molecule has 2 heterocycles. The molecule has 1 atom stereocenters. The van der Waals surface area contributed by atoms with Crippen molar-refractivity contribution in [3.63, 3.8) is 0 Å². The lowest BCUT2D eigenvalue weighted by atomic mass is 10.1. The lowest BCUT2D eigenvalue weighted by molar-refractivity contribution is -0.117. The molecule has 1 fully saturated rings. The maximum absolute atomic E-state index is 12.4. The summed E-state index contributed by atoms with van der Waals surface area (Å²) in [6.45, 7) is 2.53. The zero-order valence-corrected chi connectivity index (χ0v) is 14.4. The molecular weight excluding hydrogens is 338 g/mol. The number of anilines is 1. The average molecular weight is 354 g/mol. The monoisotopic (exact) mass is 353 g/mol. The van der Waals surface area contributed by atoms with Crippen LogP contribution in [0.4, 0.5) is 5.69 Å². The van der Waals surface area contributed by atoms with Crippen LogP contribution in [0.3, 0.4) is 0 Å². The van der Waals surface area contributed by atoms with Crippen LogP contribution in [0.2, 0.25) is 5.02 Å². The fourth-order valence-corrected chi connectivity index (χ4v) is 3.25. The molecule has 0 bridgehead atoms. The highest BCUT2D eigenvalue weighted by molar-refractivity contribution is 6.30. The van der Waals surface area contributed by atoms with Gasteiger partial charge in [0.25, 0.3) is 0 Å². The standard InChI is InChI=1S/C19H16ClN3O2/c1-12-4-2-5-13(8-12)18-21-19(25-22-18)14-9-17(24)23(11-14)16-7-3-6-15(20)10-16/h2-8,10,14H,9,11H2,1H3/t14-/m0/s1. The van der Waals surface area contributed by atoms with Gasteiger partial charge in [-0.2, -0.15) is 4.98 Å². The van der Waals surface area contributed by atoms with E-state index in [4.69, 9.17) is 16.1 Å². The normalized spacial score (nSPS) is 17.3. The second-order valence-corrected chi connectivity index (χ2v) is 6.65. The summed E-state index contributed by atoms with van der Waals surface area (Å²) in [4.78, 5) is 18.6. The minimum Gasteiger partial charge on any atom is -0.339 e. The smallest absolute Gasteiger partial charge is 0.232 e. The van der Waals surface area contributed by atoms with Crippen molar-refractivity contribution in [1.82, 2.24) is 10.1 Å². The summed E-state index contributed by atoms with van der Waals surface area (Å²) >= 11 is 6.03. The molecule has 1 aromatic heterocycles. The molecule has 0 unspecified atom stereocenters. The molecule has 0 saturated carbocycles. The van der Waals surface area contributed by atoms with Crippen molar-refractivity contribution in [3.05, 3.63) is 65.0 Å². The zero-order valence-electron chi connectivity index (χ0n) is 13.6. The van der Waals surface area contributed by atoms with Crippen molar-refractivity contribution in [1.29, 1.82) is 0 Å². The molecule has 3 aromatic rings. The molecule has 5 nitrogen and oxygen atoms in total. The molecule has 126 valence electrons. The first kappa shape index (κ1) is 15.8. The number of aromatic nitrogens is 2. The van der Waals surface area contributed by atoms with E-state index in [0.29, 0.717) is 29.7 Å². The van der Waals surface area contributed by atoms with Crippen LogP contribution in [0.1, 0.15) is 23.8 Å². The molecule has 25 heavy (non-hydrogen) atoms. The Hall–Kier alpha value is -2.66. The topological polar surface area (TPSA) is 59.2 Å². The van der Waals surface area contributed by atoms with E-state index in [1.165, 1.54) is 0 Å². The first-order chi connectivity index (χ1) is 12.1. The van der Waals surface area contributed by atoms with Gasteiger partial charge in [0.05, 0.1) is 5.92 Å². The van der Waals surface area contributed by atoms with Gasteiger partial charge in [-0.15, -0.1) is 0 Å². The second kappa shape index (κ2) is 6.33. The SMILES string of the molecule is Cc1cccc(-c2noc([C@H]3CC(=O)N(c4cccc(Cl)c4)C3)n2)c1. The van der Waals surface area contributed by atoms with Crippen LogP contribution in [0, 0.1) is 6.92 Å². The molecule has 0 radical (unpaired) electrons. The van der Waals surface area contributed by atoms with Crippen LogP contribution in [-0.2, 0) is 4.79 Å². The van der Waals surface area contributed by atoms with Gasteiger partial charge < -0.3 is 9.42 Å². The summed E-state index contributed by atoms with van der Waals surface area (Å²) in [6, 6.07) is 15.2. The number of hydrogen-bond donors (Lipinski definition) is 0. The fraction of sp³-hybridized carbons (Fsp3) is 0.211. The Labute approximate surface area is 150 Å². The Balaban J connectivity index is 1.57. The van der Waals surface area contributed by atoms with Crippen LogP contribution in [0.15, 0.2) is 53.1 Å². The first-order valence-electron chi connectivity index (χ1n) is 8.07. The first-order valence-corrected chi connectivity index (χ1v) is 8.44. The average Bonchev–Trinajstić information content (AvgIpc) is 3.21. The molecule has 0 aliphatic carbocycles. The van der Waals surface area contributed by atoms with Gasteiger partial charge in [-0.3, -0.25) is 4.79 Å². The number of carbonyl (C=O) groups excluding carboxylic acids is 1. The minimum atomic E-state index is -0.113. The van der Waals surface area contributed by atoms with E-state index in [2.05, 4.69) is 10.1 Å². The van der Waals surface area contributed by atoms with Crippen molar-refractivity contribution in [3.8, 4) is 11.4 Å². The summed E-state index contributed by atoms with van der Waals surface area (Å²) < 4.78 is 5.43. The van der Waals surface area contributed by atoms with Gasteiger partial charge >= 0.3 is 0 Å². The van der Waals surface area contributed by atoms with E-state index in [-0.39, 0.29) is 11.8 Å². The number of nitrogens with zero attached hydrogens (tertiary/aromatic N) is 3.